The molecule has 50 heavy (non-hydrogen) atoms. The van der Waals surface area contributed by atoms with Crippen molar-refractivity contribution in [3.8, 4) is 11.5 Å². The topological polar surface area (TPSA) is 113 Å². The fraction of sp³-hybridized carbons (Fsp3) is 0.632. The van der Waals surface area contributed by atoms with E-state index in [0.29, 0.717) is 39.1 Å². The fourth-order valence-corrected chi connectivity index (χ4v) is 9.16. The molecule has 10 nitrogen and oxygen atoms in total. The zero-order valence-electron chi connectivity index (χ0n) is 32.3. The molecule has 0 fully saturated rings. The lowest BCUT2D eigenvalue weighted by Crippen LogP contribution is -2.44. The van der Waals surface area contributed by atoms with Gasteiger partial charge in [0.25, 0.3) is 0 Å². The van der Waals surface area contributed by atoms with Crippen molar-refractivity contribution in [1.29, 1.82) is 0 Å². The Kier molecular flexibility index (Phi) is 11.0. The molecule has 0 spiro atoms. The first kappa shape index (κ1) is 38.5. The Balaban J connectivity index is 0.000000194. The molecule has 0 unspecified atom stereocenters. The highest BCUT2D eigenvalue weighted by atomic mass is 28.4. The second-order valence-corrected chi connectivity index (χ2v) is 26.8. The first-order valence-electron chi connectivity index (χ1n) is 18.1. The highest BCUT2D eigenvalue weighted by molar-refractivity contribution is 6.74. The second-order valence-electron chi connectivity index (χ2n) is 17.3. The molecule has 0 bridgehead atoms. The number of nitrogens with zero attached hydrogens (tertiary/aromatic N) is 4. The van der Waals surface area contributed by atoms with Crippen LogP contribution >= 0.6 is 0 Å². The first-order chi connectivity index (χ1) is 23.2. The SMILES string of the molecule is C[C@H](Cn1ncc2ccc3c(c21)C[C@@H](O)CO3)O[Si](C)(C)C(C)(C)C.C[C@H](Cn1ncc2ccc3c(c21)C[C@H](O)CO3)O[Si](C)(C)C(C)(C)C. The number of fused-ring (bicyclic) bond motifs is 6. The minimum absolute atomic E-state index is 0.0780. The van der Waals surface area contributed by atoms with Gasteiger partial charge in [-0.3, -0.25) is 9.36 Å². The molecule has 0 aliphatic carbocycles. The van der Waals surface area contributed by atoms with E-state index in [2.05, 4.69) is 91.8 Å². The molecular formula is C38H60N4O6Si2. The smallest absolute Gasteiger partial charge is 0.192 e. The lowest BCUT2D eigenvalue weighted by atomic mass is 10.0. The number of aliphatic hydroxyl groups excluding tert-OH is 2. The van der Waals surface area contributed by atoms with E-state index in [4.69, 9.17) is 18.3 Å². The highest BCUT2D eigenvalue weighted by Gasteiger charge is 2.39. The predicted molar refractivity (Wildman–Crippen MR) is 205 cm³/mol. The van der Waals surface area contributed by atoms with Gasteiger partial charge in [0.1, 0.15) is 24.7 Å². The summed E-state index contributed by atoms with van der Waals surface area (Å²) in [6, 6.07) is 8.03. The Morgan fingerprint density at radius 1 is 0.700 bits per heavy atom. The maximum Gasteiger partial charge on any atom is 0.192 e. The number of hydrogen-bond acceptors (Lipinski definition) is 8. The van der Waals surface area contributed by atoms with Crippen LogP contribution in [0.2, 0.25) is 36.3 Å². The Hall–Kier alpha value is -2.75. The molecule has 2 N–H and O–H groups in total. The van der Waals surface area contributed by atoms with E-state index >= 15 is 0 Å². The molecule has 0 amide bonds. The summed E-state index contributed by atoms with van der Waals surface area (Å²) < 4.78 is 28.4. The zero-order chi connectivity index (χ0) is 36.8. The zero-order valence-corrected chi connectivity index (χ0v) is 34.3. The monoisotopic (exact) mass is 724 g/mol. The molecule has 4 aromatic rings. The lowest BCUT2D eigenvalue weighted by molar-refractivity contribution is 0.0924. The minimum Gasteiger partial charge on any atom is -0.491 e. The molecule has 0 saturated carbocycles. The Morgan fingerprint density at radius 3 is 1.40 bits per heavy atom. The summed E-state index contributed by atoms with van der Waals surface area (Å²) in [4.78, 5) is 0. The van der Waals surface area contributed by atoms with Crippen LogP contribution in [0.1, 0.15) is 66.5 Å². The average Bonchev–Trinajstić information content (AvgIpc) is 3.60. The fourth-order valence-electron chi connectivity index (χ4n) is 6.29. The largest absolute Gasteiger partial charge is 0.491 e. The van der Waals surface area contributed by atoms with E-state index in [1.54, 1.807) is 0 Å². The van der Waals surface area contributed by atoms with Crippen molar-refractivity contribution in [1.82, 2.24) is 19.6 Å². The van der Waals surface area contributed by atoms with E-state index in [1.165, 1.54) is 0 Å². The number of hydrogen-bond donors (Lipinski definition) is 2. The van der Waals surface area contributed by atoms with Gasteiger partial charge in [0.15, 0.2) is 16.6 Å². The Labute approximate surface area is 300 Å². The van der Waals surface area contributed by atoms with Crippen LogP contribution in [0, 0.1) is 0 Å². The first-order valence-corrected chi connectivity index (χ1v) is 23.9. The van der Waals surface area contributed by atoms with Crippen LogP contribution in [0.4, 0.5) is 0 Å². The molecule has 2 aliphatic heterocycles. The molecule has 4 atom stereocenters. The van der Waals surface area contributed by atoms with E-state index in [1.807, 2.05) is 46.0 Å². The normalized spacial score (nSPS) is 19.6. The van der Waals surface area contributed by atoms with Crippen LogP contribution < -0.4 is 9.47 Å². The predicted octanol–water partition coefficient (Wildman–Crippen LogP) is 7.48. The van der Waals surface area contributed by atoms with E-state index < -0.39 is 28.8 Å². The van der Waals surface area contributed by atoms with Crippen molar-refractivity contribution < 1.29 is 28.5 Å². The third-order valence-corrected chi connectivity index (χ3v) is 20.1. The van der Waals surface area contributed by atoms with Crippen molar-refractivity contribution in [2.24, 2.45) is 0 Å². The second kappa shape index (κ2) is 14.3. The molecule has 6 rings (SSSR count). The molecular weight excluding hydrogens is 665 g/mol. The maximum absolute atomic E-state index is 9.99. The summed E-state index contributed by atoms with van der Waals surface area (Å²) in [5.41, 5.74) is 4.21. The van der Waals surface area contributed by atoms with Gasteiger partial charge in [-0.15, -0.1) is 0 Å². The summed E-state index contributed by atoms with van der Waals surface area (Å²) >= 11 is 0. The molecule has 2 aromatic carbocycles. The summed E-state index contributed by atoms with van der Waals surface area (Å²) in [5.74, 6) is 1.72. The Morgan fingerprint density at radius 2 is 1.06 bits per heavy atom. The molecule has 0 radical (unpaired) electrons. The van der Waals surface area contributed by atoms with Gasteiger partial charge in [0.2, 0.25) is 0 Å². The van der Waals surface area contributed by atoms with E-state index in [9.17, 15) is 10.2 Å². The van der Waals surface area contributed by atoms with Gasteiger partial charge in [-0.25, -0.2) is 0 Å². The van der Waals surface area contributed by atoms with Crippen molar-refractivity contribution in [2.75, 3.05) is 13.2 Å². The molecule has 2 aliphatic rings. The van der Waals surface area contributed by atoms with Crippen LogP contribution in [0.15, 0.2) is 36.7 Å². The molecule has 4 heterocycles. The molecule has 276 valence electrons. The minimum atomic E-state index is -1.81. The highest BCUT2D eigenvalue weighted by Crippen LogP contribution is 2.39. The van der Waals surface area contributed by atoms with Crippen molar-refractivity contribution in [3.05, 3.63) is 47.8 Å². The van der Waals surface area contributed by atoms with Gasteiger partial charge in [-0.05, 0) is 74.4 Å². The molecule has 0 saturated heterocycles. The third-order valence-electron chi connectivity index (χ3n) is 10.9. The van der Waals surface area contributed by atoms with Crippen LogP contribution in [-0.2, 0) is 34.8 Å². The standard InChI is InChI=1S/2C19H30N2O3Si/c2*1-13(24-25(5,6)19(2,3)4)11-21-18-14(10-20-21)7-8-17-16(18)9-15(22)12-23-17/h2*7-8,10,13,15,22H,9,11-12H2,1-6H3/t13-,15+;13-,15-/m11/s1. The van der Waals surface area contributed by atoms with Crippen LogP contribution in [0.3, 0.4) is 0 Å². The number of benzene rings is 2. The van der Waals surface area contributed by atoms with Gasteiger partial charge in [0.05, 0.1) is 60.9 Å². The number of rotatable bonds is 8. The van der Waals surface area contributed by atoms with Gasteiger partial charge in [-0.1, -0.05) is 41.5 Å². The van der Waals surface area contributed by atoms with Crippen LogP contribution in [0.25, 0.3) is 21.8 Å². The lowest BCUT2D eigenvalue weighted by Gasteiger charge is -2.38. The quantitative estimate of drug-likeness (QED) is 0.180. The van der Waals surface area contributed by atoms with Crippen molar-refractivity contribution in [3.63, 3.8) is 0 Å². The third kappa shape index (κ3) is 8.31. The number of aliphatic hydroxyl groups is 2. The summed E-state index contributed by atoms with van der Waals surface area (Å²) in [6.07, 6.45) is 4.23. The van der Waals surface area contributed by atoms with Crippen LogP contribution in [-0.4, -0.2) is 84.0 Å². The van der Waals surface area contributed by atoms with Gasteiger partial charge < -0.3 is 28.5 Å². The van der Waals surface area contributed by atoms with Crippen molar-refractivity contribution in [2.45, 2.75) is 142 Å². The van der Waals surface area contributed by atoms with E-state index in [0.717, 1.165) is 44.4 Å². The molecule has 12 heteroatoms. The average molecular weight is 725 g/mol. The Bertz CT molecular complexity index is 1660. The van der Waals surface area contributed by atoms with Crippen LogP contribution in [0.5, 0.6) is 11.5 Å². The van der Waals surface area contributed by atoms with E-state index in [-0.39, 0.29) is 22.3 Å². The van der Waals surface area contributed by atoms with Crippen molar-refractivity contribution >= 4 is 38.4 Å². The number of aromatic nitrogens is 4. The summed E-state index contributed by atoms with van der Waals surface area (Å²) in [5, 5.41) is 31.7. The maximum atomic E-state index is 9.99. The van der Waals surface area contributed by atoms with Gasteiger partial charge in [0, 0.05) is 34.7 Å². The number of ether oxygens (including phenoxy) is 2. The summed E-state index contributed by atoms with van der Waals surface area (Å²) in [7, 11) is -3.63. The summed E-state index contributed by atoms with van der Waals surface area (Å²) in [6.45, 7) is 29.0. The van der Waals surface area contributed by atoms with Gasteiger partial charge in [-0.2, -0.15) is 10.2 Å². The van der Waals surface area contributed by atoms with Gasteiger partial charge >= 0.3 is 0 Å². The molecule has 2 aromatic heterocycles.